The van der Waals surface area contributed by atoms with Gasteiger partial charge in [0.2, 0.25) is 0 Å². The molecule has 1 atom stereocenters. The summed E-state index contributed by atoms with van der Waals surface area (Å²) in [6.07, 6.45) is 0.183. The summed E-state index contributed by atoms with van der Waals surface area (Å²) >= 11 is 0. The van der Waals surface area contributed by atoms with E-state index in [0.29, 0.717) is 30.2 Å². The number of nitrogens with one attached hydrogen (secondary N) is 1. The first-order valence-electron chi connectivity index (χ1n) is 9.29. The van der Waals surface area contributed by atoms with Crippen molar-refractivity contribution >= 4 is 5.91 Å². The van der Waals surface area contributed by atoms with Gasteiger partial charge in [0.1, 0.15) is 11.4 Å². The van der Waals surface area contributed by atoms with Crippen molar-refractivity contribution in [3.8, 4) is 17.0 Å². The van der Waals surface area contributed by atoms with Crippen molar-refractivity contribution in [2.24, 2.45) is 0 Å². The molecule has 0 saturated carbocycles. The minimum absolute atomic E-state index is 0.0968. The lowest BCUT2D eigenvalue weighted by Gasteiger charge is -2.18. The molecule has 4 rings (SSSR count). The summed E-state index contributed by atoms with van der Waals surface area (Å²) in [7, 11) is 1.62. The van der Waals surface area contributed by atoms with Gasteiger partial charge >= 0.3 is 0 Å². The molecule has 3 heterocycles. The van der Waals surface area contributed by atoms with Crippen molar-refractivity contribution in [2.75, 3.05) is 13.7 Å². The summed E-state index contributed by atoms with van der Waals surface area (Å²) in [5, 5.41) is 21.3. The Hall–Kier alpha value is -3.13. The van der Waals surface area contributed by atoms with Gasteiger partial charge in [-0.1, -0.05) is 0 Å². The molecule has 0 unspecified atom stereocenters. The Balaban J connectivity index is 1.53. The van der Waals surface area contributed by atoms with Crippen LogP contribution in [-0.4, -0.2) is 49.5 Å². The van der Waals surface area contributed by atoms with Gasteiger partial charge in [0.15, 0.2) is 0 Å². The lowest BCUT2D eigenvalue weighted by atomic mass is 10.1. The van der Waals surface area contributed by atoms with Crippen molar-refractivity contribution < 1.29 is 14.6 Å². The SMILES string of the molecule is COc1ccc(-c2cc(C(=O)N3CCCn4nc([C@H](C)O)cc4C3)[nH]n2)cc1. The Kier molecular flexibility index (Phi) is 4.87. The number of nitrogens with zero attached hydrogens (tertiary/aromatic N) is 4. The van der Waals surface area contributed by atoms with Crippen LogP contribution in [0.15, 0.2) is 36.4 Å². The average molecular weight is 381 g/mol. The number of aryl methyl sites for hydroxylation is 1. The smallest absolute Gasteiger partial charge is 0.272 e. The van der Waals surface area contributed by atoms with E-state index in [1.165, 1.54) is 0 Å². The van der Waals surface area contributed by atoms with Gasteiger partial charge in [-0.25, -0.2) is 0 Å². The van der Waals surface area contributed by atoms with Crippen molar-refractivity contribution in [3.63, 3.8) is 0 Å². The first-order valence-corrected chi connectivity index (χ1v) is 9.29. The molecule has 2 aromatic heterocycles. The number of rotatable bonds is 4. The van der Waals surface area contributed by atoms with Crippen LogP contribution in [0.1, 0.15) is 41.3 Å². The van der Waals surface area contributed by atoms with Crippen LogP contribution >= 0.6 is 0 Å². The number of fused-ring (bicyclic) bond motifs is 1. The fourth-order valence-corrected chi connectivity index (χ4v) is 3.37. The molecule has 146 valence electrons. The third-order valence-corrected chi connectivity index (χ3v) is 4.94. The zero-order valence-corrected chi connectivity index (χ0v) is 15.9. The number of aromatic amines is 1. The van der Waals surface area contributed by atoms with Crippen LogP contribution in [0.4, 0.5) is 0 Å². The fourth-order valence-electron chi connectivity index (χ4n) is 3.37. The van der Waals surface area contributed by atoms with Crippen LogP contribution in [0, 0.1) is 0 Å². The molecule has 0 spiro atoms. The molecular formula is C20H23N5O3. The fraction of sp³-hybridized carbons (Fsp3) is 0.350. The van der Waals surface area contributed by atoms with E-state index in [4.69, 9.17) is 4.74 Å². The first-order chi connectivity index (χ1) is 13.5. The number of aromatic nitrogens is 4. The minimum atomic E-state index is -0.622. The van der Waals surface area contributed by atoms with Crippen molar-refractivity contribution in [3.05, 3.63) is 53.5 Å². The van der Waals surface area contributed by atoms with Crippen molar-refractivity contribution in [2.45, 2.75) is 32.5 Å². The third-order valence-electron chi connectivity index (χ3n) is 4.94. The van der Waals surface area contributed by atoms with Crippen LogP contribution in [0.5, 0.6) is 5.75 Å². The lowest BCUT2D eigenvalue weighted by Crippen LogP contribution is -2.31. The molecule has 1 amide bonds. The van der Waals surface area contributed by atoms with Crippen molar-refractivity contribution in [1.29, 1.82) is 0 Å². The van der Waals surface area contributed by atoms with Gasteiger partial charge in [0.05, 0.1) is 36.8 Å². The zero-order valence-electron chi connectivity index (χ0n) is 15.9. The molecule has 2 N–H and O–H groups in total. The normalized spacial score (nSPS) is 15.0. The second-order valence-electron chi connectivity index (χ2n) is 6.94. The van der Waals surface area contributed by atoms with E-state index in [0.717, 1.165) is 30.0 Å². The first kappa shape index (κ1) is 18.2. The predicted molar refractivity (Wildman–Crippen MR) is 103 cm³/mol. The second-order valence-corrected chi connectivity index (χ2v) is 6.94. The summed E-state index contributed by atoms with van der Waals surface area (Å²) in [5.41, 5.74) is 3.63. The van der Waals surface area contributed by atoms with Crippen LogP contribution in [-0.2, 0) is 13.1 Å². The van der Waals surface area contributed by atoms with E-state index < -0.39 is 6.10 Å². The van der Waals surface area contributed by atoms with Gasteiger partial charge in [-0.15, -0.1) is 0 Å². The molecule has 3 aromatic rings. The van der Waals surface area contributed by atoms with Crippen molar-refractivity contribution in [1.82, 2.24) is 24.9 Å². The van der Waals surface area contributed by atoms with Gasteiger partial charge < -0.3 is 14.7 Å². The Morgan fingerprint density at radius 1 is 1.25 bits per heavy atom. The standard InChI is InChI=1S/C20H23N5O3/c1-13(26)17-10-15-12-24(8-3-9-25(15)23-17)20(27)19-11-18(21-22-19)14-4-6-16(28-2)7-5-14/h4-7,10-11,13,26H,3,8-9,12H2,1-2H3,(H,21,22)/t13-/m0/s1. The Morgan fingerprint density at radius 3 is 2.75 bits per heavy atom. The monoisotopic (exact) mass is 381 g/mol. The Morgan fingerprint density at radius 2 is 2.04 bits per heavy atom. The number of amides is 1. The number of H-pyrrole nitrogens is 1. The number of benzene rings is 1. The Bertz CT molecular complexity index is 974. The van der Waals surface area contributed by atoms with E-state index in [1.807, 2.05) is 35.0 Å². The maximum atomic E-state index is 13.0. The molecule has 1 aromatic carbocycles. The molecule has 0 fully saturated rings. The number of carbonyl (C=O) groups is 1. The van der Waals surface area contributed by atoms with E-state index in [1.54, 1.807) is 25.0 Å². The number of hydrogen-bond acceptors (Lipinski definition) is 5. The lowest BCUT2D eigenvalue weighted by molar-refractivity contribution is 0.0739. The third kappa shape index (κ3) is 3.50. The number of ether oxygens (including phenoxy) is 1. The number of methoxy groups -OCH3 is 1. The molecule has 0 aliphatic carbocycles. The molecule has 0 bridgehead atoms. The molecule has 0 radical (unpaired) electrons. The van der Waals surface area contributed by atoms with Crippen LogP contribution in [0.2, 0.25) is 0 Å². The largest absolute Gasteiger partial charge is 0.497 e. The number of carbonyl (C=O) groups excluding carboxylic acids is 1. The van der Waals surface area contributed by atoms with E-state index in [-0.39, 0.29) is 5.91 Å². The van der Waals surface area contributed by atoms with Crippen LogP contribution < -0.4 is 4.74 Å². The van der Waals surface area contributed by atoms with Gasteiger partial charge in [-0.3, -0.25) is 14.6 Å². The predicted octanol–water partition coefficient (Wildman–Crippen LogP) is 2.38. The number of aliphatic hydroxyl groups is 1. The minimum Gasteiger partial charge on any atom is -0.497 e. The number of hydrogen-bond donors (Lipinski definition) is 2. The maximum absolute atomic E-state index is 13.0. The molecule has 1 aliphatic rings. The van der Waals surface area contributed by atoms with Gasteiger partial charge in [-0.05, 0) is 49.7 Å². The topological polar surface area (TPSA) is 96.3 Å². The van der Waals surface area contributed by atoms with Gasteiger partial charge in [0.25, 0.3) is 5.91 Å². The highest BCUT2D eigenvalue weighted by atomic mass is 16.5. The maximum Gasteiger partial charge on any atom is 0.272 e. The molecule has 28 heavy (non-hydrogen) atoms. The summed E-state index contributed by atoms with van der Waals surface area (Å²) in [4.78, 5) is 14.8. The second kappa shape index (κ2) is 7.47. The quantitative estimate of drug-likeness (QED) is 0.723. The Labute approximate surface area is 162 Å². The summed E-state index contributed by atoms with van der Waals surface area (Å²) in [6.45, 7) is 3.51. The highest BCUT2D eigenvalue weighted by molar-refractivity contribution is 5.93. The summed E-state index contributed by atoms with van der Waals surface area (Å²) < 4.78 is 7.05. The summed E-state index contributed by atoms with van der Waals surface area (Å²) in [5.74, 6) is 0.675. The van der Waals surface area contributed by atoms with Crippen LogP contribution in [0.25, 0.3) is 11.3 Å². The van der Waals surface area contributed by atoms with Crippen LogP contribution in [0.3, 0.4) is 0 Å². The van der Waals surface area contributed by atoms with E-state index >= 15 is 0 Å². The molecule has 8 heteroatoms. The highest BCUT2D eigenvalue weighted by Gasteiger charge is 2.24. The van der Waals surface area contributed by atoms with Gasteiger partial charge in [-0.2, -0.15) is 10.2 Å². The molecule has 0 saturated heterocycles. The summed E-state index contributed by atoms with van der Waals surface area (Å²) in [6, 6.07) is 11.2. The van der Waals surface area contributed by atoms with Gasteiger partial charge in [0, 0.05) is 18.7 Å². The zero-order chi connectivity index (χ0) is 19.7. The molecule has 1 aliphatic heterocycles. The molecule has 8 nitrogen and oxygen atoms in total. The average Bonchev–Trinajstić information content (AvgIpc) is 3.30. The van der Waals surface area contributed by atoms with E-state index in [9.17, 15) is 9.90 Å². The highest BCUT2D eigenvalue weighted by Crippen LogP contribution is 2.23. The van der Waals surface area contributed by atoms with E-state index in [2.05, 4.69) is 15.3 Å². The molecular weight excluding hydrogens is 358 g/mol. The number of aliphatic hydroxyl groups excluding tert-OH is 1.